The minimum Gasteiger partial charge on any atom is -0.356 e. The lowest BCUT2D eigenvalue weighted by Crippen LogP contribution is -2.45. The highest BCUT2D eigenvalue weighted by Crippen LogP contribution is 2.36. The molecule has 0 saturated carbocycles. The van der Waals surface area contributed by atoms with Crippen molar-refractivity contribution in [3.8, 4) is 0 Å². The number of rotatable bonds is 7. The van der Waals surface area contributed by atoms with E-state index in [1.54, 1.807) is 0 Å². The Morgan fingerprint density at radius 1 is 1.36 bits per heavy atom. The van der Waals surface area contributed by atoms with Crippen molar-refractivity contribution in [3.05, 3.63) is 39.8 Å². The average Bonchev–Trinajstić information content (AvgIpc) is 3.30. The van der Waals surface area contributed by atoms with Crippen LogP contribution in [0.5, 0.6) is 0 Å². The molecule has 0 spiro atoms. The van der Waals surface area contributed by atoms with Crippen LogP contribution in [0.4, 0.5) is 0 Å². The topological polar surface area (TPSA) is 57.5 Å². The Balaban J connectivity index is 1.46. The number of thiophene rings is 1. The van der Waals surface area contributed by atoms with Crippen LogP contribution in [0.3, 0.4) is 0 Å². The minimum atomic E-state index is 0.505. The van der Waals surface area contributed by atoms with Gasteiger partial charge in [0.1, 0.15) is 0 Å². The normalized spacial score (nSPS) is 21.1. The van der Waals surface area contributed by atoms with Gasteiger partial charge in [0.25, 0.3) is 0 Å². The van der Waals surface area contributed by atoms with Crippen LogP contribution in [0.1, 0.15) is 41.6 Å². The number of likely N-dealkylation sites (tertiary alicyclic amines) is 1. The predicted molar refractivity (Wildman–Crippen MR) is 118 cm³/mol. The molecule has 6 nitrogen and oxygen atoms in total. The SMILES string of the molecule is CN=C(NCCCn1nc(C)cc1C)NCC1CCCN(C)C1c1cccs1. The number of aliphatic imine (C=N–C) groups is 1. The zero-order chi connectivity index (χ0) is 19.9. The van der Waals surface area contributed by atoms with Gasteiger partial charge < -0.3 is 10.6 Å². The van der Waals surface area contributed by atoms with E-state index in [9.17, 15) is 0 Å². The molecular formula is C21H34N6S. The van der Waals surface area contributed by atoms with Gasteiger partial charge in [0.2, 0.25) is 0 Å². The Bertz CT molecular complexity index is 751. The molecular weight excluding hydrogens is 368 g/mol. The highest BCUT2D eigenvalue weighted by Gasteiger charge is 2.31. The first-order valence-corrected chi connectivity index (χ1v) is 11.2. The van der Waals surface area contributed by atoms with Crippen molar-refractivity contribution in [1.29, 1.82) is 0 Å². The average molecular weight is 403 g/mol. The second kappa shape index (κ2) is 10.1. The van der Waals surface area contributed by atoms with Gasteiger partial charge in [-0.25, -0.2) is 0 Å². The molecule has 2 aromatic rings. The van der Waals surface area contributed by atoms with Crippen molar-refractivity contribution in [3.63, 3.8) is 0 Å². The maximum absolute atomic E-state index is 4.52. The van der Waals surface area contributed by atoms with Gasteiger partial charge in [0.05, 0.1) is 5.69 Å². The van der Waals surface area contributed by atoms with Crippen LogP contribution >= 0.6 is 11.3 Å². The summed E-state index contributed by atoms with van der Waals surface area (Å²) in [5, 5.41) is 13.7. The molecule has 0 aromatic carbocycles. The molecule has 3 rings (SSSR count). The van der Waals surface area contributed by atoms with E-state index < -0.39 is 0 Å². The lowest BCUT2D eigenvalue weighted by atomic mass is 9.88. The molecule has 2 atom stereocenters. The van der Waals surface area contributed by atoms with Crippen LogP contribution in [0, 0.1) is 19.8 Å². The lowest BCUT2D eigenvalue weighted by molar-refractivity contribution is 0.125. The number of piperidine rings is 1. The quantitative estimate of drug-likeness (QED) is 0.424. The van der Waals surface area contributed by atoms with Crippen LogP contribution in [-0.2, 0) is 6.54 Å². The van der Waals surface area contributed by atoms with Gasteiger partial charge in [-0.05, 0) is 70.1 Å². The molecule has 28 heavy (non-hydrogen) atoms. The summed E-state index contributed by atoms with van der Waals surface area (Å²) in [6.07, 6.45) is 3.54. The minimum absolute atomic E-state index is 0.505. The van der Waals surface area contributed by atoms with Crippen LogP contribution in [0.25, 0.3) is 0 Å². The number of nitrogens with one attached hydrogen (secondary N) is 2. The number of hydrogen-bond donors (Lipinski definition) is 2. The number of guanidine groups is 1. The third kappa shape index (κ3) is 5.35. The third-order valence-corrected chi connectivity index (χ3v) is 6.48. The molecule has 1 saturated heterocycles. The summed E-state index contributed by atoms with van der Waals surface area (Å²) in [5.41, 5.74) is 2.31. The highest BCUT2D eigenvalue weighted by atomic mass is 32.1. The first kappa shape index (κ1) is 20.9. The number of aromatic nitrogens is 2. The maximum Gasteiger partial charge on any atom is 0.190 e. The molecule has 2 aromatic heterocycles. The molecule has 1 fully saturated rings. The van der Waals surface area contributed by atoms with E-state index >= 15 is 0 Å². The fourth-order valence-corrected chi connectivity index (χ4v) is 5.15. The van der Waals surface area contributed by atoms with E-state index in [2.05, 4.69) is 67.9 Å². The van der Waals surface area contributed by atoms with Crippen molar-refractivity contribution < 1.29 is 0 Å². The van der Waals surface area contributed by atoms with E-state index in [4.69, 9.17) is 0 Å². The Labute approximate surface area is 173 Å². The molecule has 2 unspecified atom stereocenters. The predicted octanol–water partition coefficient (Wildman–Crippen LogP) is 3.20. The van der Waals surface area contributed by atoms with Gasteiger partial charge >= 0.3 is 0 Å². The molecule has 0 amide bonds. The van der Waals surface area contributed by atoms with Crippen molar-refractivity contribution in [2.75, 3.05) is 33.7 Å². The molecule has 0 bridgehead atoms. The summed E-state index contributed by atoms with van der Waals surface area (Å²) in [5.74, 6) is 1.50. The smallest absolute Gasteiger partial charge is 0.190 e. The second-order valence-electron chi connectivity index (χ2n) is 7.73. The van der Waals surface area contributed by atoms with Crippen LogP contribution in [-0.4, -0.2) is 54.4 Å². The molecule has 1 aliphatic heterocycles. The summed E-state index contributed by atoms with van der Waals surface area (Å²) in [4.78, 5) is 8.39. The van der Waals surface area contributed by atoms with Crippen LogP contribution in [0.15, 0.2) is 28.6 Å². The Hall–Kier alpha value is -1.86. The summed E-state index contributed by atoms with van der Waals surface area (Å²) < 4.78 is 2.08. The van der Waals surface area contributed by atoms with E-state index in [0.29, 0.717) is 12.0 Å². The van der Waals surface area contributed by atoms with Crippen LogP contribution < -0.4 is 10.6 Å². The zero-order valence-corrected chi connectivity index (χ0v) is 18.4. The number of aryl methyl sites for hydroxylation is 3. The van der Waals surface area contributed by atoms with Crippen molar-refractivity contribution in [2.45, 2.75) is 45.7 Å². The van der Waals surface area contributed by atoms with Crippen LogP contribution in [0.2, 0.25) is 0 Å². The van der Waals surface area contributed by atoms with Gasteiger partial charge in [-0.3, -0.25) is 14.6 Å². The molecule has 2 N–H and O–H groups in total. The largest absolute Gasteiger partial charge is 0.356 e. The molecule has 0 radical (unpaired) electrons. The molecule has 7 heteroatoms. The summed E-state index contributed by atoms with van der Waals surface area (Å²) >= 11 is 1.87. The first-order chi connectivity index (χ1) is 13.6. The van der Waals surface area contributed by atoms with Gasteiger partial charge in [-0.2, -0.15) is 5.10 Å². The zero-order valence-electron chi connectivity index (χ0n) is 17.6. The summed E-state index contributed by atoms with van der Waals surface area (Å²) in [7, 11) is 4.10. The molecule has 1 aliphatic rings. The van der Waals surface area contributed by atoms with Crippen molar-refractivity contribution in [1.82, 2.24) is 25.3 Å². The van der Waals surface area contributed by atoms with Crippen molar-refractivity contribution in [2.24, 2.45) is 10.9 Å². The van der Waals surface area contributed by atoms with E-state index in [1.165, 1.54) is 30.0 Å². The first-order valence-electron chi connectivity index (χ1n) is 10.3. The van der Waals surface area contributed by atoms with E-state index in [1.807, 2.05) is 25.3 Å². The maximum atomic E-state index is 4.52. The highest BCUT2D eigenvalue weighted by molar-refractivity contribution is 7.10. The lowest BCUT2D eigenvalue weighted by Gasteiger charge is -2.39. The number of nitrogens with zero attached hydrogens (tertiary/aromatic N) is 4. The summed E-state index contributed by atoms with van der Waals surface area (Å²) in [6.45, 7) is 8.09. The van der Waals surface area contributed by atoms with Gasteiger partial charge in [-0.15, -0.1) is 11.3 Å². The van der Waals surface area contributed by atoms with E-state index in [-0.39, 0.29) is 0 Å². The van der Waals surface area contributed by atoms with Gasteiger partial charge in [-0.1, -0.05) is 6.07 Å². The molecule has 154 valence electrons. The van der Waals surface area contributed by atoms with Crippen molar-refractivity contribution >= 4 is 17.3 Å². The fourth-order valence-electron chi connectivity index (χ4n) is 4.17. The fraction of sp³-hybridized carbons (Fsp3) is 0.619. The monoisotopic (exact) mass is 402 g/mol. The summed E-state index contributed by atoms with van der Waals surface area (Å²) in [6, 6.07) is 7.07. The Morgan fingerprint density at radius 3 is 2.89 bits per heavy atom. The van der Waals surface area contributed by atoms with Gasteiger partial charge in [0, 0.05) is 43.3 Å². The number of hydrogen-bond acceptors (Lipinski definition) is 4. The Morgan fingerprint density at radius 2 is 2.21 bits per heavy atom. The molecule has 0 aliphatic carbocycles. The second-order valence-corrected chi connectivity index (χ2v) is 8.71. The third-order valence-electron chi connectivity index (χ3n) is 5.54. The molecule has 3 heterocycles. The Kier molecular flexibility index (Phi) is 7.50. The standard InChI is InChI=1S/C21H34N6S/c1-16-14-17(2)27(25-16)12-7-10-23-21(22-3)24-15-18-8-5-11-26(4)20(18)19-9-6-13-28-19/h6,9,13-14,18,20H,5,7-8,10-12,15H2,1-4H3,(H2,22,23,24). The van der Waals surface area contributed by atoms with Gasteiger partial charge in [0.15, 0.2) is 5.96 Å². The van der Waals surface area contributed by atoms with E-state index in [0.717, 1.165) is 37.7 Å².